The van der Waals surface area contributed by atoms with Crippen LogP contribution in [0.5, 0.6) is 5.75 Å². The van der Waals surface area contributed by atoms with Gasteiger partial charge in [0.2, 0.25) is 16.9 Å². The zero-order valence-electron chi connectivity index (χ0n) is 26.2. The molecule has 4 aromatic rings. The minimum Gasteiger partial charge on any atom is -0.450 e. The molecule has 16 heteroatoms. The van der Waals surface area contributed by atoms with Crippen LogP contribution in [0.25, 0.3) is 0 Å². The molecule has 4 rings (SSSR count). The van der Waals surface area contributed by atoms with Gasteiger partial charge in [0.1, 0.15) is 10.8 Å². The topological polar surface area (TPSA) is 157 Å². The molecule has 0 aliphatic rings. The molecule has 2 heterocycles. The third-order valence-corrected chi connectivity index (χ3v) is 7.71. The Morgan fingerprint density at radius 1 is 0.896 bits per heavy atom. The highest BCUT2D eigenvalue weighted by atomic mass is 32.1. The van der Waals surface area contributed by atoms with Gasteiger partial charge in [-0.05, 0) is 74.1 Å². The lowest BCUT2D eigenvalue weighted by molar-refractivity contribution is -0.274. The molecule has 2 aromatic carbocycles. The van der Waals surface area contributed by atoms with Crippen LogP contribution in [0.3, 0.4) is 0 Å². The van der Waals surface area contributed by atoms with Gasteiger partial charge in [-0.15, -0.1) is 28.5 Å². The van der Waals surface area contributed by atoms with Crippen molar-refractivity contribution in [1.82, 2.24) is 25.7 Å². The monoisotopic (exact) mass is 685 g/mol. The fourth-order valence-corrected chi connectivity index (χ4v) is 5.27. The summed E-state index contributed by atoms with van der Waals surface area (Å²) in [6.07, 6.45) is -2.30. The van der Waals surface area contributed by atoms with Crippen molar-refractivity contribution in [2.45, 2.75) is 64.8 Å². The lowest BCUT2D eigenvalue weighted by atomic mass is 10.00. The first kappa shape index (κ1) is 35.7. The smallest absolute Gasteiger partial charge is 0.450 e. The average Bonchev–Trinajstić information content (AvgIpc) is 3.49. The van der Waals surface area contributed by atoms with Crippen LogP contribution in [0.1, 0.15) is 60.0 Å². The van der Waals surface area contributed by atoms with Gasteiger partial charge in [-0.25, -0.2) is 4.79 Å². The lowest BCUT2D eigenvalue weighted by Crippen LogP contribution is -2.23. The van der Waals surface area contributed by atoms with E-state index >= 15 is 0 Å². The Kier molecular flexibility index (Phi) is 12.8. The standard InChI is InChI=1S/C32H34F3N7O5S/c1-3-46-31(45)36-19-22-9-6-8-21(16-22)17-27(43)38-30-42-41-28(48-30)13-5-4-11-24-14-15-26(40-39-24)37-29(44)20(2)23-10-7-12-25(18-23)47-32(33,34)35/h6-10,12,14-16,18,20H,3-5,11,13,17,19H2,1-2H3,(H,36,45)(H,37,40,44)(H,38,42,43). The van der Waals surface area contributed by atoms with Gasteiger partial charge < -0.3 is 25.4 Å². The van der Waals surface area contributed by atoms with E-state index in [4.69, 9.17) is 4.74 Å². The second-order valence-electron chi connectivity index (χ2n) is 10.6. The van der Waals surface area contributed by atoms with Crippen molar-refractivity contribution >= 4 is 40.2 Å². The van der Waals surface area contributed by atoms with Gasteiger partial charge in [-0.3, -0.25) is 9.59 Å². The van der Waals surface area contributed by atoms with E-state index in [0.29, 0.717) is 23.5 Å². The molecule has 0 aliphatic heterocycles. The van der Waals surface area contributed by atoms with Crippen LogP contribution >= 0.6 is 11.3 Å². The van der Waals surface area contributed by atoms with Crippen LogP contribution < -0.4 is 20.7 Å². The predicted octanol–water partition coefficient (Wildman–Crippen LogP) is 5.96. The highest BCUT2D eigenvalue weighted by Gasteiger charge is 2.31. The zero-order chi connectivity index (χ0) is 34.5. The summed E-state index contributed by atoms with van der Waals surface area (Å²) in [6.45, 7) is 3.87. The molecule has 254 valence electrons. The number of nitrogens with one attached hydrogen (secondary N) is 3. The quantitative estimate of drug-likeness (QED) is 0.128. The molecule has 0 saturated heterocycles. The van der Waals surface area contributed by atoms with Crippen LogP contribution in [0.4, 0.5) is 28.9 Å². The van der Waals surface area contributed by atoms with Gasteiger partial charge >= 0.3 is 12.5 Å². The number of hydrogen-bond donors (Lipinski definition) is 3. The first-order valence-corrected chi connectivity index (χ1v) is 15.9. The molecule has 12 nitrogen and oxygen atoms in total. The summed E-state index contributed by atoms with van der Waals surface area (Å²) in [7, 11) is 0. The van der Waals surface area contributed by atoms with Crippen LogP contribution in [0.2, 0.25) is 0 Å². The van der Waals surface area contributed by atoms with Gasteiger partial charge in [0.15, 0.2) is 5.82 Å². The molecule has 1 unspecified atom stereocenters. The fourth-order valence-electron chi connectivity index (χ4n) is 4.47. The summed E-state index contributed by atoms with van der Waals surface area (Å²) < 4.78 is 46.4. The number of aryl methyl sites for hydroxylation is 2. The van der Waals surface area contributed by atoms with E-state index in [9.17, 15) is 27.6 Å². The van der Waals surface area contributed by atoms with Crippen molar-refractivity contribution in [2.24, 2.45) is 0 Å². The summed E-state index contributed by atoms with van der Waals surface area (Å²) in [5.41, 5.74) is 2.71. The lowest BCUT2D eigenvalue weighted by Gasteiger charge is -2.14. The number of halogens is 3. The molecule has 0 saturated carbocycles. The first-order valence-electron chi connectivity index (χ1n) is 15.1. The maximum Gasteiger partial charge on any atom is 0.573 e. The van der Waals surface area contributed by atoms with E-state index in [0.717, 1.165) is 40.7 Å². The number of benzene rings is 2. The number of alkyl carbamates (subject to hydrolysis) is 1. The largest absolute Gasteiger partial charge is 0.573 e. The number of alkyl halides is 3. The van der Waals surface area contributed by atoms with E-state index < -0.39 is 30.0 Å². The van der Waals surface area contributed by atoms with Crippen LogP contribution in [0.15, 0.2) is 60.7 Å². The Hall–Kier alpha value is -5.12. The normalized spacial score (nSPS) is 11.8. The molecular formula is C32H34F3N7O5S. The average molecular weight is 686 g/mol. The SMILES string of the molecule is CCOC(=O)NCc1cccc(CC(=O)Nc2nnc(CCCCc3ccc(NC(=O)C(C)c4cccc(OC(F)(F)F)c4)nn3)s2)c1. The number of ether oxygens (including phenoxy) is 2. The number of unbranched alkanes of at least 4 members (excludes halogenated alkanes) is 1. The highest BCUT2D eigenvalue weighted by molar-refractivity contribution is 7.15. The maximum atomic E-state index is 12.7. The predicted molar refractivity (Wildman–Crippen MR) is 171 cm³/mol. The van der Waals surface area contributed by atoms with Crippen molar-refractivity contribution in [3.8, 4) is 5.75 Å². The van der Waals surface area contributed by atoms with Crippen molar-refractivity contribution in [3.05, 3.63) is 88.1 Å². The number of hydrogen-bond acceptors (Lipinski definition) is 10. The molecule has 48 heavy (non-hydrogen) atoms. The Balaban J connectivity index is 1.16. The van der Waals surface area contributed by atoms with Gasteiger partial charge in [0.25, 0.3) is 0 Å². The van der Waals surface area contributed by atoms with E-state index in [1.165, 1.54) is 23.5 Å². The highest BCUT2D eigenvalue weighted by Crippen LogP contribution is 2.27. The summed E-state index contributed by atoms with van der Waals surface area (Å²) in [5, 5.41) is 25.7. The number of aromatic nitrogens is 4. The Morgan fingerprint density at radius 2 is 1.67 bits per heavy atom. The molecule has 0 aliphatic carbocycles. The van der Waals surface area contributed by atoms with Crippen molar-refractivity contribution in [3.63, 3.8) is 0 Å². The fraction of sp³-hybridized carbons (Fsp3) is 0.344. The Morgan fingerprint density at radius 3 is 2.42 bits per heavy atom. The third-order valence-electron chi connectivity index (χ3n) is 6.81. The van der Waals surface area contributed by atoms with E-state index in [1.54, 1.807) is 32.0 Å². The number of carbonyl (C=O) groups excluding carboxylic acids is 3. The zero-order valence-corrected chi connectivity index (χ0v) is 27.0. The molecule has 3 amide bonds. The number of carbonyl (C=O) groups is 3. The molecule has 0 radical (unpaired) electrons. The second-order valence-corrected chi connectivity index (χ2v) is 11.6. The van der Waals surface area contributed by atoms with Gasteiger partial charge in [-0.1, -0.05) is 47.7 Å². The Labute approximate surface area is 278 Å². The van der Waals surface area contributed by atoms with Gasteiger partial charge in [-0.2, -0.15) is 5.10 Å². The number of anilines is 2. The van der Waals surface area contributed by atoms with Crippen molar-refractivity contribution in [2.75, 3.05) is 17.2 Å². The molecule has 1 atom stereocenters. The second kappa shape index (κ2) is 17.2. The third kappa shape index (κ3) is 11.9. The van der Waals surface area contributed by atoms with E-state index in [-0.39, 0.29) is 31.3 Å². The summed E-state index contributed by atoms with van der Waals surface area (Å²) in [6, 6.07) is 16.0. The summed E-state index contributed by atoms with van der Waals surface area (Å²) in [4.78, 5) is 36.7. The molecule has 0 spiro atoms. The molecular weight excluding hydrogens is 651 g/mol. The summed E-state index contributed by atoms with van der Waals surface area (Å²) >= 11 is 1.31. The molecule has 2 aromatic heterocycles. The van der Waals surface area contributed by atoms with E-state index in [2.05, 4.69) is 41.1 Å². The number of nitrogens with zero attached hydrogens (tertiary/aromatic N) is 4. The minimum absolute atomic E-state index is 0.138. The Bertz CT molecular complexity index is 1690. The van der Waals surface area contributed by atoms with Crippen LogP contribution in [-0.4, -0.2) is 51.3 Å². The summed E-state index contributed by atoms with van der Waals surface area (Å²) in [5.74, 6) is -1.63. The molecule has 3 N–H and O–H groups in total. The number of amides is 3. The van der Waals surface area contributed by atoms with Crippen molar-refractivity contribution in [1.29, 1.82) is 0 Å². The molecule has 0 bridgehead atoms. The molecule has 0 fully saturated rings. The van der Waals surface area contributed by atoms with Gasteiger partial charge in [0.05, 0.1) is 24.6 Å². The van der Waals surface area contributed by atoms with Crippen molar-refractivity contribution < 1.29 is 37.0 Å². The van der Waals surface area contributed by atoms with Crippen LogP contribution in [0, 0.1) is 0 Å². The van der Waals surface area contributed by atoms with Gasteiger partial charge in [0, 0.05) is 13.0 Å². The number of rotatable bonds is 15. The van der Waals surface area contributed by atoms with Crippen LogP contribution in [-0.2, 0) is 40.1 Å². The maximum absolute atomic E-state index is 12.7. The van der Waals surface area contributed by atoms with E-state index in [1.807, 2.05) is 24.3 Å². The first-order chi connectivity index (χ1) is 23.0. The minimum atomic E-state index is -4.83.